The Kier molecular flexibility index (Phi) is 5.91. The lowest BCUT2D eigenvalue weighted by Gasteiger charge is -2.08. The molecule has 0 fully saturated rings. The number of ether oxygens (including phenoxy) is 1. The van der Waals surface area contributed by atoms with Gasteiger partial charge in [-0.25, -0.2) is 9.97 Å². The van der Waals surface area contributed by atoms with E-state index in [-0.39, 0.29) is 5.56 Å². The van der Waals surface area contributed by atoms with Crippen molar-refractivity contribution in [1.82, 2.24) is 20.3 Å². The summed E-state index contributed by atoms with van der Waals surface area (Å²) in [6.45, 7) is 3.92. The molecule has 2 N–H and O–H groups in total. The minimum Gasteiger partial charge on any atom is -0.383 e. The highest BCUT2D eigenvalue weighted by Crippen LogP contribution is 2.25. The summed E-state index contributed by atoms with van der Waals surface area (Å²) in [6, 6.07) is 5.36. The molecule has 6 nitrogen and oxygen atoms in total. The van der Waals surface area contributed by atoms with Crippen LogP contribution in [-0.4, -0.2) is 35.2 Å². The predicted octanol–water partition coefficient (Wildman–Crippen LogP) is 1.36. The third-order valence-corrected chi connectivity index (χ3v) is 3.64. The Bertz CT molecular complexity index is 645. The smallest absolute Gasteiger partial charge is 0.251 e. The molecule has 2 aromatic heterocycles. The Labute approximate surface area is 127 Å². The second kappa shape index (κ2) is 7.92. The van der Waals surface area contributed by atoms with Gasteiger partial charge in [0.1, 0.15) is 5.03 Å². The van der Waals surface area contributed by atoms with Gasteiger partial charge in [0, 0.05) is 38.2 Å². The molecule has 21 heavy (non-hydrogen) atoms. The highest BCUT2D eigenvalue weighted by molar-refractivity contribution is 7.99. The number of nitrogens with zero attached hydrogens (tertiary/aromatic N) is 2. The fraction of sp³-hybridized carbons (Fsp3) is 0.357. The van der Waals surface area contributed by atoms with Crippen molar-refractivity contribution >= 4 is 11.8 Å². The zero-order valence-electron chi connectivity index (χ0n) is 12.0. The molecule has 0 aliphatic heterocycles. The van der Waals surface area contributed by atoms with E-state index in [0.29, 0.717) is 24.0 Å². The zero-order chi connectivity index (χ0) is 15.1. The number of aromatic nitrogens is 3. The van der Waals surface area contributed by atoms with Crippen LogP contribution in [0.1, 0.15) is 11.3 Å². The minimum absolute atomic E-state index is 0.152. The second-order valence-electron chi connectivity index (χ2n) is 4.43. The number of aromatic amines is 1. The first-order valence-corrected chi connectivity index (χ1v) is 7.40. The highest BCUT2D eigenvalue weighted by atomic mass is 32.2. The summed E-state index contributed by atoms with van der Waals surface area (Å²) < 4.78 is 5.00. The largest absolute Gasteiger partial charge is 0.383 e. The summed E-state index contributed by atoms with van der Waals surface area (Å²) in [5.41, 5.74) is 1.60. The highest BCUT2D eigenvalue weighted by Gasteiger charge is 2.07. The normalized spacial score (nSPS) is 10.8. The van der Waals surface area contributed by atoms with E-state index in [1.165, 1.54) is 17.8 Å². The molecule has 2 heterocycles. The van der Waals surface area contributed by atoms with Gasteiger partial charge in [-0.3, -0.25) is 4.79 Å². The van der Waals surface area contributed by atoms with E-state index in [0.717, 1.165) is 17.1 Å². The molecule has 0 saturated carbocycles. The van der Waals surface area contributed by atoms with Gasteiger partial charge in [-0.1, -0.05) is 6.07 Å². The van der Waals surface area contributed by atoms with Crippen molar-refractivity contribution in [2.24, 2.45) is 0 Å². The maximum atomic E-state index is 11.5. The molecule has 112 valence electrons. The van der Waals surface area contributed by atoms with Crippen molar-refractivity contribution in [3.05, 3.63) is 46.0 Å². The van der Waals surface area contributed by atoms with Crippen LogP contribution in [0.15, 0.2) is 39.4 Å². The Balaban J connectivity index is 2.10. The first-order valence-electron chi connectivity index (χ1n) is 6.58. The summed E-state index contributed by atoms with van der Waals surface area (Å²) in [5, 5.41) is 4.66. The predicted molar refractivity (Wildman–Crippen MR) is 81.5 cm³/mol. The third-order valence-electron chi connectivity index (χ3n) is 2.69. The summed E-state index contributed by atoms with van der Waals surface area (Å²) in [5.74, 6) is 0. The Morgan fingerprint density at radius 3 is 3.10 bits per heavy atom. The SMILES string of the molecule is COCCNCc1cccnc1Sc1nc(C)cc(=O)[nH]1. The van der Waals surface area contributed by atoms with Gasteiger partial charge in [0.05, 0.1) is 6.61 Å². The summed E-state index contributed by atoms with van der Waals surface area (Å²) in [6.07, 6.45) is 1.73. The first kappa shape index (κ1) is 15.7. The van der Waals surface area contributed by atoms with E-state index < -0.39 is 0 Å². The lowest BCUT2D eigenvalue weighted by atomic mass is 10.3. The van der Waals surface area contributed by atoms with Crippen LogP contribution in [0, 0.1) is 6.92 Å². The molecule has 0 bridgehead atoms. The number of nitrogens with one attached hydrogen (secondary N) is 2. The van der Waals surface area contributed by atoms with E-state index in [4.69, 9.17) is 4.74 Å². The zero-order valence-corrected chi connectivity index (χ0v) is 12.9. The molecular weight excluding hydrogens is 288 g/mol. The lowest BCUT2D eigenvalue weighted by molar-refractivity contribution is 0.199. The van der Waals surface area contributed by atoms with Crippen LogP contribution in [-0.2, 0) is 11.3 Å². The van der Waals surface area contributed by atoms with Gasteiger partial charge < -0.3 is 15.0 Å². The van der Waals surface area contributed by atoms with Crippen LogP contribution in [0.25, 0.3) is 0 Å². The maximum Gasteiger partial charge on any atom is 0.251 e. The van der Waals surface area contributed by atoms with Gasteiger partial charge in [0.15, 0.2) is 5.16 Å². The standard InChI is InChI=1S/C14H18N4O2S/c1-10-8-12(19)18-14(17-10)21-13-11(4-3-5-16-13)9-15-6-7-20-2/h3-5,8,15H,6-7,9H2,1-2H3,(H,17,18,19). The molecule has 2 rings (SSSR count). The number of pyridine rings is 1. The van der Waals surface area contributed by atoms with Crippen molar-refractivity contribution in [2.75, 3.05) is 20.3 Å². The molecule has 0 amide bonds. The molecule has 0 unspecified atom stereocenters. The van der Waals surface area contributed by atoms with Gasteiger partial charge in [-0.05, 0) is 30.3 Å². The Morgan fingerprint density at radius 1 is 1.48 bits per heavy atom. The quantitative estimate of drug-likeness (QED) is 0.594. The second-order valence-corrected chi connectivity index (χ2v) is 5.41. The Morgan fingerprint density at radius 2 is 2.33 bits per heavy atom. The van der Waals surface area contributed by atoms with Crippen LogP contribution < -0.4 is 10.9 Å². The van der Waals surface area contributed by atoms with Crippen molar-refractivity contribution in [3.63, 3.8) is 0 Å². The summed E-state index contributed by atoms with van der Waals surface area (Å²) in [7, 11) is 1.67. The van der Waals surface area contributed by atoms with E-state index >= 15 is 0 Å². The van der Waals surface area contributed by atoms with Crippen LogP contribution in [0.2, 0.25) is 0 Å². The van der Waals surface area contributed by atoms with Crippen molar-refractivity contribution in [3.8, 4) is 0 Å². The first-order chi connectivity index (χ1) is 10.2. The number of hydrogen-bond donors (Lipinski definition) is 2. The summed E-state index contributed by atoms with van der Waals surface area (Å²) in [4.78, 5) is 22.9. The van der Waals surface area contributed by atoms with E-state index in [9.17, 15) is 4.79 Å². The van der Waals surface area contributed by atoms with Crippen molar-refractivity contribution in [2.45, 2.75) is 23.7 Å². The topological polar surface area (TPSA) is 79.9 Å². The van der Waals surface area contributed by atoms with Gasteiger partial charge in [0.2, 0.25) is 0 Å². The molecule has 0 aromatic carbocycles. The van der Waals surface area contributed by atoms with Crippen molar-refractivity contribution in [1.29, 1.82) is 0 Å². The van der Waals surface area contributed by atoms with Crippen LogP contribution in [0.4, 0.5) is 0 Å². The van der Waals surface area contributed by atoms with Crippen LogP contribution in [0.5, 0.6) is 0 Å². The fourth-order valence-electron chi connectivity index (χ4n) is 1.74. The van der Waals surface area contributed by atoms with Crippen LogP contribution >= 0.6 is 11.8 Å². The third kappa shape index (κ3) is 4.96. The molecule has 0 radical (unpaired) electrons. The fourth-order valence-corrected chi connectivity index (χ4v) is 2.65. The number of aryl methyl sites for hydroxylation is 1. The molecular formula is C14H18N4O2S. The van der Waals surface area contributed by atoms with E-state index in [1.54, 1.807) is 20.2 Å². The van der Waals surface area contributed by atoms with E-state index in [1.807, 2.05) is 12.1 Å². The van der Waals surface area contributed by atoms with Gasteiger partial charge in [-0.2, -0.15) is 0 Å². The number of H-pyrrole nitrogens is 1. The monoisotopic (exact) mass is 306 g/mol. The average molecular weight is 306 g/mol. The molecule has 0 spiro atoms. The number of methoxy groups -OCH3 is 1. The van der Waals surface area contributed by atoms with Gasteiger partial charge in [0.25, 0.3) is 5.56 Å². The number of hydrogen-bond acceptors (Lipinski definition) is 6. The van der Waals surface area contributed by atoms with Gasteiger partial charge in [-0.15, -0.1) is 0 Å². The van der Waals surface area contributed by atoms with E-state index in [2.05, 4.69) is 20.3 Å². The molecule has 2 aromatic rings. The molecule has 7 heteroatoms. The van der Waals surface area contributed by atoms with Gasteiger partial charge >= 0.3 is 0 Å². The minimum atomic E-state index is -0.152. The molecule has 0 atom stereocenters. The van der Waals surface area contributed by atoms with Crippen molar-refractivity contribution < 1.29 is 4.74 Å². The molecule has 0 aliphatic rings. The molecule has 0 saturated heterocycles. The molecule has 0 aliphatic carbocycles. The van der Waals surface area contributed by atoms with Crippen LogP contribution in [0.3, 0.4) is 0 Å². The summed E-state index contributed by atoms with van der Waals surface area (Å²) >= 11 is 1.36. The average Bonchev–Trinajstić information content (AvgIpc) is 2.44. The lowest BCUT2D eigenvalue weighted by Crippen LogP contribution is -2.19. The number of rotatable bonds is 7. The maximum absolute atomic E-state index is 11.5. The Hall–Kier alpha value is -1.70.